The maximum absolute atomic E-state index is 7.32. The van der Waals surface area contributed by atoms with Crippen molar-refractivity contribution in [2.24, 2.45) is 7.05 Å². The van der Waals surface area contributed by atoms with Crippen molar-refractivity contribution in [1.29, 1.82) is 5.26 Å². The van der Waals surface area contributed by atoms with Crippen LogP contribution < -0.4 is 0 Å². The molecule has 0 aliphatic rings. The first-order valence-corrected chi connectivity index (χ1v) is 3.14. The van der Waals surface area contributed by atoms with E-state index in [9.17, 15) is 0 Å². The van der Waals surface area contributed by atoms with Crippen LogP contribution >= 0.6 is 12.2 Å². The molecule has 4 heteroatoms. The van der Waals surface area contributed by atoms with Crippen LogP contribution in [0.3, 0.4) is 0 Å². The van der Waals surface area contributed by atoms with Crippen molar-refractivity contribution in [1.82, 2.24) is 9.55 Å². The predicted octanol–water partition coefficient (Wildman–Crippen LogP) is 1.61. The Kier molecular flexibility index (Phi) is 4.25. The number of aromatic nitrogens is 2. The van der Waals surface area contributed by atoms with Gasteiger partial charge in [-0.1, -0.05) is 0 Å². The SMILES string of the molecule is CC#N.Cn1cc[nH]c1=S. The lowest BCUT2D eigenvalue weighted by atomic mass is 10.9. The molecule has 0 aliphatic heterocycles. The number of nitriles is 1. The zero-order valence-electron chi connectivity index (χ0n) is 5.96. The van der Waals surface area contributed by atoms with Gasteiger partial charge in [-0.05, 0) is 12.2 Å². The van der Waals surface area contributed by atoms with E-state index in [4.69, 9.17) is 17.5 Å². The molecule has 0 unspecified atom stereocenters. The van der Waals surface area contributed by atoms with Gasteiger partial charge in [0.1, 0.15) is 0 Å². The van der Waals surface area contributed by atoms with E-state index >= 15 is 0 Å². The lowest BCUT2D eigenvalue weighted by Crippen LogP contribution is -1.81. The average molecular weight is 155 g/mol. The zero-order chi connectivity index (χ0) is 7.98. The van der Waals surface area contributed by atoms with Crippen molar-refractivity contribution in [2.75, 3.05) is 0 Å². The van der Waals surface area contributed by atoms with Gasteiger partial charge >= 0.3 is 0 Å². The number of rotatable bonds is 0. The van der Waals surface area contributed by atoms with Gasteiger partial charge in [-0.15, -0.1) is 0 Å². The Morgan fingerprint density at radius 2 is 2.30 bits per heavy atom. The third kappa shape index (κ3) is 3.05. The van der Waals surface area contributed by atoms with E-state index in [-0.39, 0.29) is 0 Å². The molecule has 0 aliphatic carbocycles. The Morgan fingerprint density at radius 1 is 1.80 bits per heavy atom. The Labute approximate surface area is 64.9 Å². The first kappa shape index (κ1) is 8.92. The van der Waals surface area contributed by atoms with Crippen molar-refractivity contribution in [2.45, 2.75) is 6.92 Å². The molecule has 0 atom stereocenters. The number of hydrogen-bond acceptors (Lipinski definition) is 2. The van der Waals surface area contributed by atoms with Crippen molar-refractivity contribution in [3.63, 3.8) is 0 Å². The molecule has 0 fully saturated rings. The van der Waals surface area contributed by atoms with Crippen LogP contribution in [0.4, 0.5) is 0 Å². The second-order valence-electron chi connectivity index (χ2n) is 1.60. The third-order valence-corrected chi connectivity index (χ3v) is 1.23. The van der Waals surface area contributed by atoms with Gasteiger partial charge in [-0.25, -0.2) is 0 Å². The lowest BCUT2D eigenvalue weighted by molar-refractivity contribution is 0.894. The van der Waals surface area contributed by atoms with Crippen LogP contribution in [0, 0.1) is 16.1 Å². The van der Waals surface area contributed by atoms with Crippen molar-refractivity contribution in [3.05, 3.63) is 17.2 Å². The van der Waals surface area contributed by atoms with Gasteiger partial charge in [-0.3, -0.25) is 0 Å². The quantitative estimate of drug-likeness (QED) is 0.578. The molecule has 1 heterocycles. The number of H-pyrrole nitrogens is 1. The van der Waals surface area contributed by atoms with Gasteiger partial charge in [0, 0.05) is 26.4 Å². The average Bonchev–Trinajstić information content (AvgIpc) is 2.19. The second kappa shape index (κ2) is 4.77. The van der Waals surface area contributed by atoms with Crippen molar-refractivity contribution in [3.8, 4) is 6.07 Å². The summed E-state index contributed by atoms with van der Waals surface area (Å²) in [5.74, 6) is 0. The molecule has 0 aromatic carbocycles. The van der Waals surface area contributed by atoms with Crippen LogP contribution in [0.2, 0.25) is 0 Å². The standard InChI is InChI=1S/C4H6N2S.C2H3N/c1-6-3-2-5-4(6)7;1-2-3/h2-3H,1H3,(H,5,7);1H3. The summed E-state index contributed by atoms with van der Waals surface area (Å²) in [7, 11) is 1.90. The summed E-state index contributed by atoms with van der Waals surface area (Å²) in [5, 5.41) is 7.32. The molecule has 0 saturated heterocycles. The lowest BCUT2D eigenvalue weighted by Gasteiger charge is -1.79. The van der Waals surface area contributed by atoms with E-state index in [1.54, 1.807) is 6.07 Å². The monoisotopic (exact) mass is 155 g/mol. The molecule has 1 rings (SSSR count). The molecule has 1 aromatic rings. The molecule has 0 bridgehead atoms. The Bertz CT molecular complexity index is 265. The fraction of sp³-hybridized carbons (Fsp3) is 0.333. The summed E-state index contributed by atoms with van der Waals surface area (Å²) < 4.78 is 2.61. The van der Waals surface area contributed by atoms with Gasteiger partial charge in [0.25, 0.3) is 0 Å². The number of aromatic amines is 1. The van der Waals surface area contributed by atoms with E-state index in [1.807, 2.05) is 24.0 Å². The summed E-state index contributed by atoms with van der Waals surface area (Å²) in [6.07, 6.45) is 3.69. The highest BCUT2D eigenvalue weighted by molar-refractivity contribution is 7.71. The Balaban J connectivity index is 0.000000236. The maximum Gasteiger partial charge on any atom is 0.176 e. The maximum atomic E-state index is 7.32. The fourth-order valence-corrected chi connectivity index (χ4v) is 0.519. The molecular formula is C6H9N3S. The zero-order valence-corrected chi connectivity index (χ0v) is 6.77. The molecule has 1 N–H and O–H groups in total. The summed E-state index contributed by atoms with van der Waals surface area (Å²) in [6.45, 7) is 1.43. The summed E-state index contributed by atoms with van der Waals surface area (Å²) in [5.41, 5.74) is 0. The van der Waals surface area contributed by atoms with Crippen LogP contribution in [-0.4, -0.2) is 9.55 Å². The molecule has 10 heavy (non-hydrogen) atoms. The minimum Gasteiger partial charge on any atom is -0.337 e. The minimum absolute atomic E-state index is 0.764. The predicted molar refractivity (Wildman–Crippen MR) is 41.9 cm³/mol. The minimum atomic E-state index is 0.764. The number of nitrogens with one attached hydrogen (secondary N) is 1. The summed E-state index contributed by atoms with van der Waals surface area (Å²) >= 11 is 4.79. The van der Waals surface area contributed by atoms with E-state index in [2.05, 4.69) is 4.98 Å². The van der Waals surface area contributed by atoms with Crippen LogP contribution in [0.15, 0.2) is 12.4 Å². The second-order valence-corrected chi connectivity index (χ2v) is 1.99. The molecule has 54 valence electrons. The van der Waals surface area contributed by atoms with Crippen molar-refractivity contribution < 1.29 is 0 Å². The highest BCUT2D eigenvalue weighted by atomic mass is 32.1. The highest BCUT2D eigenvalue weighted by Crippen LogP contribution is 1.81. The summed E-state index contributed by atoms with van der Waals surface area (Å²) in [4.78, 5) is 2.85. The topological polar surface area (TPSA) is 44.5 Å². The number of nitrogens with zero attached hydrogens (tertiary/aromatic N) is 2. The molecule has 1 aromatic heterocycles. The normalized spacial score (nSPS) is 7.30. The van der Waals surface area contributed by atoms with Gasteiger partial charge in [0.15, 0.2) is 4.77 Å². The largest absolute Gasteiger partial charge is 0.337 e. The first-order valence-electron chi connectivity index (χ1n) is 2.73. The van der Waals surface area contributed by atoms with E-state index in [0.717, 1.165) is 4.77 Å². The molecular weight excluding hydrogens is 146 g/mol. The van der Waals surface area contributed by atoms with Gasteiger partial charge in [0.2, 0.25) is 0 Å². The number of aryl methyl sites for hydroxylation is 1. The molecule has 0 radical (unpaired) electrons. The molecule has 0 amide bonds. The highest BCUT2D eigenvalue weighted by Gasteiger charge is 1.76. The number of hydrogen-bond donors (Lipinski definition) is 1. The molecule has 0 saturated carbocycles. The van der Waals surface area contributed by atoms with Gasteiger partial charge in [-0.2, -0.15) is 5.26 Å². The van der Waals surface area contributed by atoms with E-state index in [0.29, 0.717) is 0 Å². The summed E-state index contributed by atoms with van der Waals surface area (Å²) in [6, 6.07) is 1.75. The van der Waals surface area contributed by atoms with Crippen molar-refractivity contribution >= 4 is 12.2 Å². The smallest absolute Gasteiger partial charge is 0.176 e. The van der Waals surface area contributed by atoms with Crippen LogP contribution in [0.1, 0.15) is 6.92 Å². The van der Waals surface area contributed by atoms with Crippen LogP contribution in [-0.2, 0) is 7.05 Å². The van der Waals surface area contributed by atoms with Gasteiger partial charge in [0.05, 0.1) is 6.07 Å². The van der Waals surface area contributed by atoms with Gasteiger partial charge < -0.3 is 9.55 Å². The van der Waals surface area contributed by atoms with E-state index in [1.165, 1.54) is 6.92 Å². The van der Waals surface area contributed by atoms with Crippen LogP contribution in [0.5, 0.6) is 0 Å². The Hall–Kier alpha value is -1.08. The fourth-order valence-electron chi connectivity index (χ4n) is 0.390. The molecule has 3 nitrogen and oxygen atoms in total. The third-order valence-electron chi connectivity index (χ3n) is 0.825. The van der Waals surface area contributed by atoms with Crippen LogP contribution in [0.25, 0.3) is 0 Å². The number of imidazole rings is 1. The molecule has 0 spiro atoms. The van der Waals surface area contributed by atoms with E-state index < -0.39 is 0 Å². The Morgan fingerprint density at radius 3 is 2.40 bits per heavy atom. The first-order chi connectivity index (χ1) is 4.72.